The average Bonchev–Trinajstić information content (AvgIpc) is 2.73. The van der Waals surface area contributed by atoms with Crippen LogP contribution in [0.4, 0.5) is 0 Å². The van der Waals surface area contributed by atoms with Crippen molar-refractivity contribution in [3.05, 3.63) is 29.5 Å². The number of fused-ring (bicyclic) bond motifs is 3. The van der Waals surface area contributed by atoms with Gasteiger partial charge in [0.25, 0.3) is 0 Å². The summed E-state index contributed by atoms with van der Waals surface area (Å²) in [5, 5.41) is 1.31. The van der Waals surface area contributed by atoms with Crippen molar-refractivity contribution < 1.29 is 9.31 Å². The Morgan fingerprint density at radius 2 is 2.10 bits per heavy atom. The van der Waals surface area contributed by atoms with Gasteiger partial charge in [-0.2, -0.15) is 0 Å². The van der Waals surface area contributed by atoms with Crippen LogP contribution in [0.2, 0.25) is 19.6 Å². The molecule has 0 saturated carbocycles. The van der Waals surface area contributed by atoms with Crippen LogP contribution in [0.1, 0.15) is 11.3 Å². The summed E-state index contributed by atoms with van der Waals surface area (Å²) in [5.74, 6) is 0.934. The summed E-state index contributed by atoms with van der Waals surface area (Å²) in [4.78, 5) is 3.55. The first-order chi connectivity index (χ1) is 9.46. The molecule has 2 heterocycles. The molecule has 1 aliphatic rings. The van der Waals surface area contributed by atoms with Gasteiger partial charge in [0.1, 0.15) is 32.2 Å². The van der Waals surface area contributed by atoms with Gasteiger partial charge < -0.3 is 9.72 Å². The van der Waals surface area contributed by atoms with Gasteiger partial charge in [-0.15, -0.1) is 0 Å². The molecule has 0 bridgehead atoms. The summed E-state index contributed by atoms with van der Waals surface area (Å²) in [7, 11) is 0.665. The van der Waals surface area contributed by atoms with Crippen LogP contribution in [0, 0.1) is 0 Å². The number of rotatable bonds is 3. The minimum absolute atomic E-state index is 0.934. The Labute approximate surface area is 121 Å². The summed E-state index contributed by atoms with van der Waals surface area (Å²) in [6, 6.07) is 6.28. The minimum atomic E-state index is -1.06. The van der Waals surface area contributed by atoms with E-state index in [9.17, 15) is 0 Å². The van der Waals surface area contributed by atoms with E-state index in [1.165, 1.54) is 28.3 Å². The number of hydrogen-bond acceptors (Lipinski definition) is 1. The predicted octanol–water partition coefficient (Wildman–Crippen LogP) is 3.04. The van der Waals surface area contributed by atoms with E-state index in [2.05, 4.69) is 47.5 Å². The zero-order chi connectivity index (χ0) is 14.3. The Kier molecular flexibility index (Phi) is 3.20. The zero-order valence-electron chi connectivity index (χ0n) is 12.8. The van der Waals surface area contributed by atoms with E-state index < -0.39 is 8.07 Å². The Morgan fingerprint density at radius 3 is 2.80 bits per heavy atom. The third-order valence-corrected chi connectivity index (χ3v) is 5.14. The summed E-state index contributed by atoms with van der Waals surface area (Å²) in [5.41, 5.74) is 3.92. The van der Waals surface area contributed by atoms with Crippen molar-refractivity contribution in [2.75, 3.05) is 19.8 Å². The highest BCUT2D eigenvalue weighted by Gasteiger charge is 2.26. The van der Waals surface area contributed by atoms with Crippen LogP contribution < -0.4 is 4.74 Å². The Balaban J connectivity index is 2.02. The molecular weight excluding hydrogens is 264 g/mol. The van der Waals surface area contributed by atoms with Gasteiger partial charge in [0.2, 0.25) is 0 Å². The third-order valence-electron chi connectivity index (χ3n) is 3.78. The number of nitrogens with one attached hydrogen (secondary N) is 1. The number of aromatic amines is 1. The van der Waals surface area contributed by atoms with E-state index in [0.717, 1.165) is 18.7 Å². The zero-order valence-corrected chi connectivity index (χ0v) is 13.8. The molecule has 1 aliphatic heterocycles. The van der Waals surface area contributed by atoms with Crippen LogP contribution in [-0.2, 0) is 6.42 Å². The fourth-order valence-electron chi connectivity index (χ4n) is 2.99. The van der Waals surface area contributed by atoms with Gasteiger partial charge in [-0.3, -0.25) is 0 Å². The van der Waals surface area contributed by atoms with Gasteiger partial charge in [-0.1, -0.05) is 19.6 Å². The standard InChI is InChI=1S/C16H22N2OSi/c1-19-12-5-6-15-14(9-12)13-7-8-18(10-16(13)17-15)11-20(2,3)4/h5-6,9-10H,7-8,11H2,1-4H3/p+1. The van der Waals surface area contributed by atoms with Gasteiger partial charge in [-0.25, -0.2) is 4.58 Å². The first-order valence-corrected chi connectivity index (χ1v) is 10.9. The lowest BCUT2D eigenvalue weighted by Gasteiger charge is -2.16. The Hall–Kier alpha value is -1.55. The van der Waals surface area contributed by atoms with Crippen LogP contribution in [0.25, 0.3) is 10.9 Å². The quantitative estimate of drug-likeness (QED) is 0.682. The van der Waals surface area contributed by atoms with Gasteiger partial charge in [-0.05, 0) is 23.8 Å². The summed E-state index contributed by atoms with van der Waals surface area (Å²) in [6.45, 7) is 8.40. The second-order valence-corrected chi connectivity index (χ2v) is 12.3. The lowest BCUT2D eigenvalue weighted by Crippen LogP contribution is -2.37. The number of hydrogen-bond donors (Lipinski definition) is 1. The smallest absolute Gasteiger partial charge is 0.187 e. The van der Waals surface area contributed by atoms with E-state index in [0.29, 0.717) is 0 Å². The van der Waals surface area contributed by atoms with Gasteiger partial charge in [0, 0.05) is 17.3 Å². The van der Waals surface area contributed by atoms with Crippen LogP contribution in [0.3, 0.4) is 0 Å². The molecule has 0 unspecified atom stereocenters. The SMILES string of the molecule is COc1ccc2[nH]c3c(c2c1)CC[N+](C[Si](C)(C)C)=C3. The highest BCUT2D eigenvalue weighted by Crippen LogP contribution is 2.27. The number of methoxy groups -OCH3 is 1. The van der Waals surface area contributed by atoms with E-state index >= 15 is 0 Å². The molecule has 2 aromatic rings. The number of benzene rings is 1. The molecule has 0 atom stereocenters. The lowest BCUT2D eigenvalue weighted by atomic mass is 10.1. The van der Waals surface area contributed by atoms with E-state index in [4.69, 9.17) is 4.74 Å². The molecule has 1 N–H and O–H groups in total. The number of aromatic nitrogens is 1. The summed E-state index contributed by atoms with van der Waals surface area (Å²) in [6.07, 6.45) is 4.65. The number of ether oxygens (including phenoxy) is 1. The normalized spacial score (nSPS) is 15.1. The van der Waals surface area contributed by atoms with E-state index in [-0.39, 0.29) is 0 Å². The lowest BCUT2D eigenvalue weighted by molar-refractivity contribution is -0.508. The van der Waals surface area contributed by atoms with Crippen molar-refractivity contribution >= 4 is 25.2 Å². The molecule has 0 spiro atoms. The Morgan fingerprint density at radius 1 is 1.30 bits per heavy atom. The molecule has 1 aromatic heterocycles. The van der Waals surface area contributed by atoms with Crippen LogP contribution >= 0.6 is 0 Å². The maximum absolute atomic E-state index is 5.34. The molecule has 0 radical (unpaired) electrons. The monoisotopic (exact) mass is 287 g/mol. The molecule has 0 aliphatic carbocycles. The predicted molar refractivity (Wildman–Crippen MR) is 87.1 cm³/mol. The average molecular weight is 287 g/mol. The van der Waals surface area contributed by atoms with E-state index in [1.54, 1.807) is 7.11 Å². The molecule has 1 aromatic carbocycles. The van der Waals surface area contributed by atoms with Crippen LogP contribution in [0.15, 0.2) is 18.2 Å². The highest BCUT2D eigenvalue weighted by molar-refractivity contribution is 6.75. The second kappa shape index (κ2) is 4.77. The van der Waals surface area contributed by atoms with Gasteiger partial charge in [0.05, 0.1) is 7.11 Å². The Bertz CT molecular complexity index is 680. The van der Waals surface area contributed by atoms with Crippen LogP contribution in [0.5, 0.6) is 5.75 Å². The van der Waals surface area contributed by atoms with Crippen LogP contribution in [-0.4, -0.2) is 43.7 Å². The molecule has 0 fully saturated rings. The number of H-pyrrole nitrogens is 1. The first-order valence-electron chi connectivity index (χ1n) is 7.24. The van der Waals surface area contributed by atoms with Crippen molar-refractivity contribution in [3.63, 3.8) is 0 Å². The second-order valence-electron chi connectivity index (χ2n) is 6.84. The molecule has 0 amide bonds. The molecular formula is C16H23N2OSi+. The first kappa shape index (κ1) is 13.4. The molecule has 106 valence electrons. The summed E-state index contributed by atoms with van der Waals surface area (Å²) >= 11 is 0. The third kappa shape index (κ3) is 2.52. The fourth-order valence-corrected chi connectivity index (χ4v) is 4.46. The molecule has 3 rings (SSSR count). The van der Waals surface area contributed by atoms with Gasteiger partial charge >= 0.3 is 0 Å². The van der Waals surface area contributed by atoms with Crippen molar-refractivity contribution in [3.8, 4) is 5.75 Å². The van der Waals surface area contributed by atoms with Crippen molar-refractivity contribution in [1.29, 1.82) is 0 Å². The number of nitrogens with zero attached hydrogens (tertiary/aromatic N) is 1. The minimum Gasteiger partial charge on any atom is -0.497 e. The molecule has 20 heavy (non-hydrogen) atoms. The topological polar surface area (TPSA) is 28.0 Å². The van der Waals surface area contributed by atoms with Crippen molar-refractivity contribution in [2.24, 2.45) is 0 Å². The maximum Gasteiger partial charge on any atom is 0.187 e. The maximum atomic E-state index is 5.34. The highest BCUT2D eigenvalue weighted by atomic mass is 28.3. The molecule has 3 nitrogen and oxygen atoms in total. The van der Waals surface area contributed by atoms with Crippen molar-refractivity contribution in [2.45, 2.75) is 26.1 Å². The van der Waals surface area contributed by atoms with E-state index in [1.807, 2.05) is 6.07 Å². The van der Waals surface area contributed by atoms with Gasteiger partial charge in [0.15, 0.2) is 6.21 Å². The molecule has 4 heteroatoms. The molecule has 0 saturated heterocycles. The largest absolute Gasteiger partial charge is 0.497 e. The van der Waals surface area contributed by atoms with Crippen molar-refractivity contribution in [1.82, 2.24) is 4.98 Å². The summed E-state index contributed by atoms with van der Waals surface area (Å²) < 4.78 is 7.83. The fraction of sp³-hybridized carbons (Fsp3) is 0.438.